The van der Waals surface area contributed by atoms with Crippen molar-refractivity contribution in [3.05, 3.63) is 47.6 Å². The van der Waals surface area contributed by atoms with Gasteiger partial charge in [-0.25, -0.2) is 9.78 Å². The molecule has 27 heavy (non-hydrogen) atoms. The zero-order valence-electron chi connectivity index (χ0n) is 15.7. The molecule has 1 atom stereocenters. The Morgan fingerprint density at radius 3 is 2.59 bits per heavy atom. The molecule has 0 radical (unpaired) electrons. The molecule has 1 aromatic heterocycles. The molecule has 3 N–H and O–H groups in total. The van der Waals surface area contributed by atoms with Gasteiger partial charge in [0.25, 0.3) is 0 Å². The number of ether oxygens (including phenoxy) is 1. The lowest BCUT2D eigenvalue weighted by Gasteiger charge is -2.22. The first kappa shape index (κ1) is 20.5. The maximum absolute atomic E-state index is 12.4. The number of pyridine rings is 1. The number of rotatable bonds is 5. The molecule has 2 amide bonds. The lowest BCUT2D eigenvalue weighted by molar-refractivity contribution is -0.117. The van der Waals surface area contributed by atoms with E-state index in [1.165, 1.54) is 0 Å². The van der Waals surface area contributed by atoms with Gasteiger partial charge in [-0.2, -0.15) is 0 Å². The van der Waals surface area contributed by atoms with Crippen LogP contribution in [0.4, 0.5) is 22.0 Å². The number of carbonyl (C=O) groups excluding carboxylic acids is 2. The van der Waals surface area contributed by atoms with Gasteiger partial charge in [0, 0.05) is 16.9 Å². The molecule has 8 heteroatoms. The second kappa shape index (κ2) is 8.73. The van der Waals surface area contributed by atoms with E-state index in [0.717, 1.165) is 5.69 Å². The monoisotopic (exact) mass is 390 g/mol. The minimum Gasteiger partial charge on any atom is -0.444 e. The van der Waals surface area contributed by atoms with Crippen molar-refractivity contribution in [2.24, 2.45) is 0 Å². The Kier molecular flexibility index (Phi) is 6.63. The molecule has 1 aromatic carbocycles. The number of amides is 2. The summed E-state index contributed by atoms with van der Waals surface area (Å²) in [4.78, 5) is 28.5. The van der Waals surface area contributed by atoms with Crippen molar-refractivity contribution < 1.29 is 14.3 Å². The highest BCUT2D eigenvalue weighted by molar-refractivity contribution is 6.30. The quantitative estimate of drug-likeness (QED) is 0.706. The van der Waals surface area contributed by atoms with E-state index in [1.807, 2.05) is 6.07 Å². The zero-order chi connectivity index (χ0) is 20.0. The van der Waals surface area contributed by atoms with E-state index < -0.39 is 23.6 Å². The Balaban J connectivity index is 2.04. The van der Waals surface area contributed by atoms with Crippen molar-refractivity contribution in [3.63, 3.8) is 0 Å². The van der Waals surface area contributed by atoms with Crippen LogP contribution < -0.4 is 16.0 Å². The van der Waals surface area contributed by atoms with Gasteiger partial charge in [-0.05, 0) is 58.0 Å². The molecule has 144 valence electrons. The van der Waals surface area contributed by atoms with Crippen LogP contribution in [0.2, 0.25) is 5.02 Å². The number of alkyl carbamates (subject to hydrolysis) is 1. The number of benzene rings is 1. The largest absolute Gasteiger partial charge is 0.444 e. The predicted octanol–water partition coefficient (Wildman–Crippen LogP) is 4.33. The maximum atomic E-state index is 12.4. The van der Waals surface area contributed by atoms with E-state index in [-0.39, 0.29) is 0 Å². The van der Waals surface area contributed by atoms with E-state index in [4.69, 9.17) is 16.3 Å². The summed E-state index contributed by atoms with van der Waals surface area (Å²) in [6.45, 7) is 6.82. The Bertz CT molecular complexity index is 821. The van der Waals surface area contributed by atoms with Crippen molar-refractivity contribution in [1.82, 2.24) is 10.3 Å². The van der Waals surface area contributed by atoms with E-state index in [1.54, 1.807) is 64.2 Å². The second-order valence-electron chi connectivity index (χ2n) is 6.89. The van der Waals surface area contributed by atoms with Crippen molar-refractivity contribution in [3.8, 4) is 0 Å². The molecule has 1 heterocycles. The summed E-state index contributed by atoms with van der Waals surface area (Å²) in [6, 6.07) is 9.76. The summed E-state index contributed by atoms with van der Waals surface area (Å²) < 4.78 is 5.16. The first-order chi connectivity index (χ1) is 12.6. The van der Waals surface area contributed by atoms with Gasteiger partial charge in [0.15, 0.2) is 5.82 Å². The predicted molar refractivity (Wildman–Crippen MR) is 106 cm³/mol. The minimum absolute atomic E-state index is 0.400. The van der Waals surface area contributed by atoms with Crippen molar-refractivity contribution in [1.29, 1.82) is 0 Å². The molecule has 0 saturated carbocycles. The van der Waals surface area contributed by atoms with Crippen LogP contribution in [0.1, 0.15) is 27.7 Å². The summed E-state index contributed by atoms with van der Waals surface area (Å²) in [7, 11) is 0. The average Bonchev–Trinajstić information content (AvgIpc) is 2.54. The molecule has 7 nitrogen and oxygen atoms in total. The molecule has 0 aliphatic heterocycles. The lowest BCUT2D eigenvalue weighted by Crippen LogP contribution is -2.44. The summed E-state index contributed by atoms with van der Waals surface area (Å²) in [5.41, 5.74) is 0.564. The number of hydrogen-bond acceptors (Lipinski definition) is 5. The molecule has 2 rings (SSSR count). The Labute approximate surface area is 163 Å². The highest BCUT2D eigenvalue weighted by Crippen LogP contribution is 2.24. The van der Waals surface area contributed by atoms with E-state index in [0.29, 0.717) is 16.5 Å². The zero-order valence-corrected chi connectivity index (χ0v) is 16.4. The van der Waals surface area contributed by atoms with Gasteiger partial charge in [-0.15, -0.1) is 0 Å². The molecule has 0 bridgehead atoms. The molecule has 0 saturated heterocycles. The SMILES string of the molecule is CC(NC(=O)OC(C)(C)C)C(=O)Nc1cccnc1Nc1cccc(Cl)c1. The van der Waals surface area contributed by atoms with Crippen LogP contribution in [0.3, 0.4) is 0 Å². The van der Waals surface area contributed by atoms with Crippen LogP contribution in [-0.2, 0) is 9.53 Å². The maximum Gasteiger partial charge on any atom is 0.408 e. The number of halogens is 1. The minimum atomic E-state index is -0.793. The summed E-state index contributed by atoms with van der Waals surface area (Å²) in [6.07, 6.45) is 0.943. The van der Waals surface area contributed by atoms with Crippen LogP contribution in [0.5, 0.6) is 0 Å². The molecular weight excluding hydrogens is 368 g/mol. The van der Waals surface area contributed by atoms with E-state index in [2.05, 4.69) is 20.9 Å². The molecule has 0 spiro atoms. The van der Waals surface area contributed by atoms with Crippen LogP contribution in [0.15, 0.2) is 42.6 Å². The molecule has 1 unspecified atom stereocenters. The van der Waals surface area contributed by atoms with Gasteiger partial charge in [-0.3, -0.25) is 4.79 Å². The smallest absolute Gasteiger partial charge is 0.408 e. The van der Waals surface area contributed by atoms with Gasteiger partial charge in [0.05, 0.1) is 5.69 Å². The first-order valence-electron chi connectivity index (χ1n) is 8.42. The fourth-order valence-electron chi connectivity index (χ4n) is 2.10. The van der Waals surface area contributed by atoms with Crippen molar-refractivity contribution in [2.75, 3.05) is 10.6 Å². The number of nitrogens with zero attached hydrogens (tertiary/aromatic N) is 1. The summed E-state index contributed by atoms with van der Waals surface area (Å²) >= 11 is 5.99. The van der Waals surface area contributed by atoms with E-state index >= 15 is 0 Å². The van der Waals surface area contributed by atoms with Gasteiger partial charge in [0.2, 0.25) is 5.91 Å². The highest BCUT2D eigenvalue weighted by atomic mass is 35.5. The second-order valence-corrected chi connectivity index (χ2v) is 7.33. The van der Waals surface area contributed by atoms with Crippen LogP contribution >= 0.6 is 11.6 Å². The first-order valence-corrected chi connectivity index (χ1v) is 8.80. The Morgan fingerprint density at radius 2 is 1.93 bits per heavy atom. The number of nitrogens with one attached hydrogen (secondary N) is 3. The van der Waals surface area contributed by atoms with Crippen molar-refractivity contribution in [2.45, 2.75) is 39.3 Å². The van der Waals surface area contributed by atoms with Gasteiger partial charge in [-0.1, -0.05) is 17.7 Å². The third-order valence-corrected chi connectivity index (χ3v) is 3.51. The number of carbonyl (C=O) groups is 2. The summed E-state index contributed by atoms with van der Waals surface area (Å²) in [5.74, 6) is 0.0561. The normalized spacial score (nSPS) is 12.0. The Hall–Kier alpha value is -2.80. The molecular formula is C19H23ClN4O3. The third kappa shape index (κ3) is 6.79. The number of anilines is 3. The molecule has 0 aliphatic carbocycles. The molecule has 2 aromatic rings. The van der Waals surface area contributed by atoms with Gasteiger partial charge in [0.1, 0.15) is 11.6 Å². The van der Waals surface area contributed by atoms with Crippen LogP contribution in [0.25, 0.3) is 0 Å². The number of aromatic nitrogens is 1. The summed E-state index contributed by atoms with van der Waals surface area (Å²) in [5, 5.41) is 8.94. The van der Waals surface area contributed by atoms with Crippen molar-refractivity contribution >= 4 is 40.8 Å². The van der Waals surface area contributed by atoms with Crippen LogP contribution in [-0.4, -0.2) is 28.6 Å². The van der Waals surface area contributed by atoms with Gasteiger partial charge >= 0.3 is 6.09 Å². The third-order valence-electron chi connectivity index (χ3n) is 3.28. The van der Waals surface area contributed by atoms with E-state index in [9.17, 15) is 9.59 Å². The molecule has 0 fully saturated rings. The molecule has 0 aliphatic rings. The standard InChI is InChI=1S/C19H23ClN4O3/c1-12(22-18(26)27-19(2,3)4)17(25)24-15-9-6-10-21-16(15)23-14-8-5-7-13(20)11-14/h5-12H,1-4H3,(H,21,23)(H,22,26)(H,24,25). The lowest BCUT2D eigenvalue weighted by atomic mass is 10.2. The fraction of sp³-hybridized carbons (Fsp3) is 0.316. The Morgan fingerprint density at radius 1 is 1.19 bits per heavy atom. The van der Waals surface area contributed by atoms with Gasteiger partial charge < -0.3 is 20.7 Å². The topological polar surface area (TPSA) is 92.3 Å². The fourth-order valence-corrected chi connectivity index (χ4v) is 2.29. The van der Waals surface area contributed by atoms with Crippen LogP contribution in [0, 0.1) is 0 Å². The average molecular weight is 391 g/mol. The highest BCUT2D eigenvalue weighted by Gasteiger charge is 2.21. The number of hydrogen-bond donors (Lipinski definition) is 3.